The summed E-state index contributed by atoms with van der Waals surface area (Å²) < 4.78 is 0. The summed E-state index contributed by atoms with van der Waals surface area (Å²) in [5.74, 6) is 1.32. The van der Waals surface area contributed by atoms with Gasteiger partial charge in [0, 0.05) is 12.3 Å². The molecule has 0 aromatic rings. The van der Waals surface area contributed by atoms with E-state index in [9.17, 15) is 0 Å². The van der Waals surface area contributed by atoms with E-state index < -0.39 is 0 Å². The second-order valence-corrected chi connectivity index (χ2v) is 4.48. The van der Waals surface area contributed by atoms with Crippen molar-refractivity contribution < 1.29 is 0 Å². The van der Waals surface area contributed by atoms with Crippen LogP contribution in [0.4, 0.5) is 0 Å². The van der Waals surface area contributed by atoms with Crippen LogP contribution in [0.2, 0.25) is 0 Å². The van der Waals surface area contributed by atoms with E-state index in [2.05, 4.69) is 39.6 Å². The normalized spacial score (nSPS) is 13.0. The second kappa shape index (κ2) is 7.11. The Bertz CT molecular complexity index is 145. The largest absolute Gasteiger partial charge is 0.294 e. The summed E-state index contributed by atoms with van der Waals surface area (Å²) in [4.78, 5) is 4.68. The molecule has 0 aliphatic heterocycles. The summed E-state index contributed by atoms with van der Waals surface area (Å²) >= 11 is 0. The maximum absolute atomic E-state index is 4.68. The van der Waals surface area contributed by atoms with Crippen molar-refractivity contribution in [3.8, 4) is 0 Å². The number of hydrogen-bond donors (Lipinski definition) is 0. The highest BCUT2D eigenvalue weighted by Gasteiger charge is 2.04. The highest BCUT2D eigenvalue weighted by atomic mass is 14.7. The summed E-state index contributed by atoms with van der Waals surface area (Å²) in [6, 6.07) is 0. The minimum Gasteiger partial charge on any atom is -0.294 e. The lowest BCUT2D eigenvalue weighted by Crippen LogP contribution is -2.09. The van der Waals surface area contributed by atoms with Crippen LogP contribution in [-0.2, 0) is 0 Å². The molecular formula is C12H25N. The lowest BCUT2D eigenvalue weighted by molar-refractivity contribution is 0.655. The molecule has 0 atom stereocenters. The van der Waals surface area contributed by atoms with E-state index in [0.717, 1.165) is 6.54 Å². The molecule has 0 fully saturated rings. The van der Waals surface area contributed by atoms with Crippen LogP contribution in [0, 0.1) is 11.8 Å². The van der Waals surface area contributed by atoms with Crippen molar-refractivity contribution in [2.75, 3.05) is 6.54 Å². The van der Waals surface area contributed by atoms with Crippen molar-refractivity contribution in [1.29, 1.82) is 0 Å². The Labute approximate surface area is 83.6 Å². The Kier molecular flexibility index (Phi) is 6.93. The second-order valence-electron chi connectivity index (χ2n) is 4.48. The van der Waals surface area contributed by atoms with Gasteiger partial charge in [-0.05, 0) is 24.7 Å². The molecule has 0 radical (unpaired) electrons. The minimum atomic E-state index is 0.630. The van der Waals surface area contributed by atoms with Gasteiger partial charge in [0.1, 0.15) is 0 Å². The summed E-state index contributed by atoms with van der Waals surface area (Å²) in [7, 11) is 0. The lowest BCUT2D eigenvalue weighted by Gasteiger charge is -2.10. The molecule has 0 heterocycles. The average Bonchev–Trinajstić information content (AvgIpc) is 2.03. The molecule has 0 unspecified atom stereocenters. The van der Waals surface area contributed by atoms with E-state index in [1.165, 1.54) is 25.0 Å². The third kappa shape index (κ3) is 6.80. The van der Waals surface area contributed by atoms with Crippen LogP contribution in [-0.4, -0.2) is 12.3 Å². The van der Waals surface area contributed by atoms with Gasteiger partial charge in [-0.3, -0.25) is 4.99 Å². The standard InChI is InChI=1S/C12H25N/c1-6-7-8-12(11(4)5)13-9-10(2)3/h10-11H,6-9H2,1-5H3/b13-12+. The Morgan fingerprint density at radius 1 is 1.15 bits per heavy atom. The first-order valence-electron chi connectivity index (χ1n) is 5.61. The summed E-state index contributed by atoms with van der Waals surface area (Å²) in [5, 5.41) is 0. The van der Waals surface area contributed by atoms with Gasteiger partial charge in [0.2, 0.25) is 0 Å². The monoisotopic (exact) mass is 183 g/mol. The summed E-state index contributed by atoms with van der Waals surface area (Å²) in [6.07, 6.45) is 3.75. The zero-order chi connectivity index (χ0) is 10.3. The molecule has 1 nitrogen and oxygen atoms in total. The van der Waals surface area contributed by atoms with E-state index in [4.69, 9.17) is 0 Å². The van der Waals surface area contributed by atoms with Gasteiger partial charge < -0.3 is 0 Å². The quantitative estimate of drug-likeness (QED) is 0.553. The van der Waals surface area contributed by atoms with Gasteiger partial charge in [0.25, 0.3) is 0 Å². The van der Waals surface area contributed by atoms with Crippen molar-refractivity contribution in [3.05, 3.63) is 0 Å². The molecule has 0 saturated carbocycles. The highest BCUT2D eigenvalue weighted by Crippen LogP contribution is 2.07. The van der Waals surface area contributed by atoms with Gasteiger partial charge in [-0.15, -0.1) is 0 Å². The topological polar surface area (TPSA) is 12.4 Å². The molecule has 0 rings (SSSR count). The minimum absolute atomic E-state index is 0.630. The van der Waals surface area contributed by atoms with Gasteiger partial charge >= 0.3 is 0 Å². The van der Waals surface area contributed by atoms with Crippen LogP contribution < -0.4 is 0 Å². The van der Waals surface area contributed by atoms with Crippen LogP contribution in [0.25, 0.3) is 0 Å². The Morgan fingerprint density at radius 3 is 2.15 bits per heavy atom. The molecule has 0 bridgehead atoms. The van der Waals surface area contributed by atoms with Crippen LogP contribution in [0.5, 0.6) is 0 Å². The fourth-order valence-electron chi connectivity index (χ4n) is 1.21. The first kappa shape index (κ1) is 12.7. The maximum atomic E-state index is 4.68. The van der Waals surface area contributed by atoms with Crippen molar-refractivity contribution in [1.82, 2.24) is 0 Å². The number of aliphatic imine (C=N–C) groups is 1. The smallest absolute Gasteiger partial charge is 0.0411 e. The van der Waals surface area contributed by atoms with Crippen molar-refractivity contribution in [2.24, 2.45) is 16.8 Å². The van der Waals surface area contributed by atoms with Crippen LogP contribution >= 0.6 is 0 Å². The van der Waals surface area contributed by atoms with Gasteiger partial charge in [-0.1, -0.05) is 41.0 Å². The zero-order valence-corrected chi connectivity index (χ0v) is 9.93. The van der Waals surface area contributed by atoms with Gasteiger partial charge in [0.05, 0.1) is 0 Å². The fraction of sp³-hybridized carbons (Fsp3) is 0.917. The molecular weight excluding hydrogens is 158 g/mol. The molecule has 0 aromatic carbocycles. The van der Waals surface area contributed by atoms with Crippen molar-refractivity contribution >= 4 is 5.71 Å². The fourth-order valence-corrected chi connectivity index (χ4v) is 1.21. The Hall–Kier alpha value is -0.330. The molecule has 0 spiro atoms. The third-order valence-electron chi connectivity index (χ3n) is 2.11. The molecule has 0 N–H and O–H groups in total. The van der Waals surface area contributed by atoms with Gasteiger partial charge in [-0.25, -0.2) is 0 Å². The predicted molar refractivity (Wildman–Crippen MR) is 61.5 cm³/mol. The first-order valence-corrected chi connectivity index (χ1v) is 5.61. The van der Waals surface area contributed by atoms with E-state index in [1.54, 1.807) is 0 Å². The van der Waals surface area contributed by atoms with Crippen LogP contribution in [0.1, 0.15) is 53.9 Å². The average molecular weight is 183 g/mol. The number of unbranched alkanes of at least 4 members (excludes halogenated alkanes) is 1. The van der Waals surface area contributed by atoms with E-state index in [-0.39, 0.29) is 0 Å². The Morgan fingerprint density at radius 2 is 1.77 bits per heavy atom. The molecule has 0 amide bonds. The van der Waals surface area contributed by atoms with Gasteiger partial charge in [-0.2, -0.15) is 0 Å². The molecule has 0 aliphatic rings. The zero-order valence-electron chi connectivity index (χ0n) is 9.93. The van der Waals surface area contributed by atoms with Crippen LogP contribution in [0.15, 0.2) is 4.99 Å². The molecule has 0 aromatic heterocycles. The SMILES string of the molecule is CCCC/C(=N\CC(C)C)C(C)C. The first-order chi connectivity index (χ1) is 6.07. The van der Waals surface area contributed by atoms with Gasteiger partial charge in [0.15, 0.2) is 0 Å². The number of rotatable bonds is 6. The third-order valence-corrected chi connectivity index (χ3v) is 2.11. The number of hydrogen-bond acceptors (Lipinski definition) is 1. The number of nitrogens with zero attached hydrogens (tertiary/aromatic N) is 1. The summed E-state index contributed by atoms with van der Waals surface area (Å²) in [6.45, 7) is 12.2. The molecule has 13 heavy (non-hydrogen) atoms. The van der Waals surface area contributed by atoms with Crippen molar-refractivity contribution in [3.63, 3.8) is 0 Å². The van der Waals surface area contributed by atoms with E-state index in [1.807, 2.05) is 0 Å². The maximum Gasteiger partial charge on any atom is 0.0411 e. The van der Waals surface area contributed by atoms with E-state index in [0.29, 0.717) is 11.8 Å². The highest BCUT2D eigenvalue weighted by molar-refractivity contribution is 5.86. The summed E-state index contributed by atoms with van der Waals surface area (Å²) in [5.41, 5.74) is 1.41. The van der Waals surface area contributed by atoms with Crippen LogP contribution in [0.3, 0.4) is 0 Å². The van der Waals surface area contributed by atoms with Crippen molar-refractivity contribution in [2.45, 2.75) is 53.9 Å². The van der Waals surface area contributed by atoms with E-state index >= 15 is 0 Å². The molecule has 78 valence electrons. The molecule has 0 saturated heterocycles. The molecule has 0 aliphatic carbocycles. The lowest BCUT2D eigenvalue weighted by atomic mass is 10.0. The molecule has 1 heteroatoms. The predicted octanol–water partition coefficient (Wildman–Crippen LogP) is 3.93. The Balaban J connectivity index is 3.99.